The Kier molecular flexibility index (Phi) is 4.99. The van der Waals surface area contributed by atoms with E-state index in [0.717, 1.165) is 11.0 Å². The molecular weight excluding hydrogens is 396 g/mol. The number of amides is 2. The van der Waals surface area contributed by atoms with Gasteiger partial charge in [0.2, 0.25) is 11.8 Å². The second kappa shape index (κ2) is 7.96. The van der Waals surface area contributed by atoms with Gasteiger partial charge >= 0.3 is 0 Å². The van der Waals surface area contributed by atoms with Crippen LogP contribution < -0.4 is 9.64 Å². The number of imide groups is 1. The predicted octanol–water partition coefficient (Wildman–Crippen LogP) is 2.33. The standard InChI is InChI=1S/C23H22N4O4/c28-16(13-26-21-8-4-3-7-20(21)24-25-26)14-31-17-11-9-15(10-12-17)27-22(29)18-5-1-2-6-19(18)23(27)30/h1-4,7-12,16,18-19,28H,5-6,13-14H2/t16-,18+,19+/m1/s1. The van der Waals surface area contributed by atoms with Crippen molar-refractivity contribution in [1.82, 2.24) is 15.0 Å². The van der Waals surface area contributed by atoms with Crippen LogP contribution in [0.5, 0.6) is 5.75 Å². The van der Waals surface area contributed by atoms with E-state index in [4.69, 9.17) is 4.74 Å². The minimum absolute atomic E-state index is 0.0743. The van der Waals surface area contributed by atoms with Gasteiger partial charge in [-0.2, -0.15) is 0 Å². The second-order valence-corrected chi connectivity index (χ2v) is 7.89. The van der Waals surface area contributed by atoms with Gasteiger partial charge in [-0.1, -0.05) is 29.5 Å². The van der Waals surface area contributed by atoms with Crippen LogP contribution in [0.15, 0.2) is 60.7 Å². The van der Waals surface area contributed by atoms with Gasteiger partial charge in [0.25, 0.3) is 0 Å². The minimum Gasteiger partial charge on any atom is -0.491 e. The maximum atomic E-state index is 12.7. The molecule has 0 radical (unpaired) electrons. The van der Waals surface area contributed by atoms with Crippen LogP contribution in [0.4, 0.5) is 5.69 Å². The first-order valence-corrected chi connectivity index (χ1v) is 10.3. The van der Waals surface area contributed by atoms with Crippen LogP contribution in [0.1, 0.15) is 12.8 Å². The highest BCUT2D eigenvalue weighted by atomic mass is 16.5. The number of ether oxygens (including phenoxy) is 1. The summed E-state index contributed by atoms with van der Waals surface area (Å²) in [7, 11) is 0. The van der Waals surface area contributed by atoms with E-state index in [1.165, 1.54) is 4.90 Å². The fourth-order valence-corrected chi connectivity index (χ4v) is 4.24. The van der Waals surface area contributed by atoms with Crippen molar-refractivity contribution >= 4 is 28.5 Å². The Morgan fingerprint density at radius 1 is 1.00 bits per heavy atom. The summed E-state index contributed by atoms with van der Waals surface area (Å²) in [5.74, 6) is -0.232. The van der Waals surface area contributed by atoms with Crippen LogP contribution in [-0.2, 0) is 16.1 Å². The van der Waals surface area contributed by atoms with E-state index in [0.29, 0.717) is 24.3 Å². The molecule has 8 nitrogen and oxygen atoms in total. The van der Waals surface area contributed by atoms with Crippen molar-refractivity contribution in [1.29, 1.82) is 0 Å². The number of benzene rings is 2. The van der Waals surface area contributed by atoms with Crippen molar-refractivity contribution in [3.05, 3.63) is 60.7 Å². The van der Waals surface area contributed by atoms with Crippen LogP contribution in [0, 0.1) is 11.8 Å². The molecule has 1 fully saturated rings. The van der Waals surface area contributed by atoms with E-state index in [2.05, 4.69) is 10.3 Å². The second-order valence-electron chi connectivity index (χ2n) is 7.89. The number of aliphatic hydroxyl groups is 1. The highest BCUT2D eigenvalue weighted by molar-refractivity contribution is 6.22. The average molecular weight is 418 g/mol. The third-order valence-corrected chi connectivity index (χ3v) is 5.85. The summed E-state index contributed by atoms with van der Waals surface area (Å²) in [4.78, 5) is 26.7. The highest BCUT2D eigenvalue weighted by Crippen LogP contribution is 2.37. The minimum atomic E-state index is -0.776. The molecule has 2 aromatic carbocycles. The summed E-state index contributed by atoms with van der Waals surface area (Å²) >= 11 is 0. The summed E-state index contributed by atoms with van der Waals surface area (Å²) in [6.07, 6.45) is 4.40. The van der Waals surface area contributed by atoms with Crippen molar-refractivity contribution in [3.63, 3.8) is 0 Å². The molecule has 1 aliphatic heterocycles. The van der Waals surface area contributed by atoms with Gasteiger partial charge in [-0.15, -0.1) is 5.10 Å². The molecule has 2 aliphatic rings. The predicted molar refractivity (Wildman–Crippen MR) is 113 cm³/mol. The molecule has 1 saturated heterocycles. The van der Waals surface area contributed by atoms with Crippen molar-refractivity contribution < 1.29 is 19.4 Å². The quantitative estimate of drug-likeness (QED) is 0.487. The molecular formula is C23H22N4O4. The van der Waals surface area contributed by atoms with E-state index in [1.807, 2.05) is 36.4 Å². The van der Waals surface area contributed by atoms with Gasteiger partial charge in [-0.05, 0) is 49.2 Å². The van der Waals surface area contributed by atoms with Crippen LogP contribution in [0.2, 0.25) is 0 Å². The Morgan fingerprint density at radius 2 is 1.68 bits per heavy atom. The summed E-state index contributed by atoms with van der Waals surface area (Å²) in [5, 5.41) is 18.5. The number of hydrogen-bond acceptors (Lipinski definition) is 6. The van der Waals surface area contributed by atoms with Crippen molar-refractivity contribution in [3.8, 4) is 5.75 Å². The lowest BCUT2D eigenvalue weighted by Gasteiger charge is -2.16. The molecule has 2 amide bonds. The lowest BCUT2D eigenvalue weighted by atomic mass is 9.85. The van der Waals surface area contributed by atoms with E-state index >= 15 is 0 Å². The van der Waals surface area contributed by atoms with Gasteiger partial charge in [0, 0.05) is 0 Å². The molecule has 8 heteroatoms. The Labute approximate surface area is 178 Å². The number of carbonyl (C=O) groups is 2. The van der Waals surface area contributed by atoms with Gasteiger partial charge in [-0.25, -0.2) is 4.68 Å². The van der Waals surface area contributed by atoms with Gasteiger partial charge in [0.05, 0.1) is 29.6 Å². The maximum Gasteiger partial charge on any atom is 0.238 e. The number of hydrogen-bond donors (Lipinski definition) is 1. The van der Waals surface area contributed by atoms with Gasteiger partial charge in [0.15, 0.2) is 0 Å². The first kappa shape index (κ1) is 19.4. The summed E-state index contributed by atoms with van der Waals surface area (Å²) < 4.78 is 7.33. The topological polar surface area (TPSA) is 97.6 Å². The lowest BCUT2D eigenvalue weighted by Crippen LogP contribution is -2.30. The molecule has 1 aliphatic carbocycles. The molecule has 5 rings (SSSR count). The third kappa shape index (κ3) is 3.59. The van der Waals surface area contributed by atoms with Crippen LogP contribution >= 0.6 is 0 Å². The molecule has 31 heavy (non-hydrogen) atoms. The summed E-state index contributed by atoms with van der Waals surface area (Å²) in [5.41, 5.74) is 2.17. The zero-order chi connectivity index (χ0) is 21.4. The molecule has 0 spiro atoms. The number of nitrogens with zero attached hydrogens (tertiary/aromatic N) is 4. The zero-order valence-electron chi connectivity index (χ0n) is 16.8. The highest BCUT2D eigenvalue weighted by Gasteiger charge is 2.47. The first-order valence-electron chi connectivity index (χ1n) is 10.3. The molecule has 3 aromatic rings. The zero-order valence-corrected chi connectivity index (χ0v) is 16.8. The Hall–Kier alpha value is -3.52. The van der Waals surface area contributed by atoms with E-state index in [-0.39, 0.29) is 36.8 Å². The maximum absolute atomic E-state index is 12.7. The van der Waals surface area contributed by atoms with Gasteiger partial charge in [0.1, 0.15) is 24.0 Å². The number of allylic oxidation sites excluding steroid dienone is 2. The van der Waals surface area contributed by atoms with Crippen molar-refractivity contribution in [2.24, 2.45) is 11.8 Å². The Bertz CT molecular complexity index is 1130. The number of carbonyl (C=O) groups excluding carboxylic acids is 2. The largest absolute Gasteiger partial charge is 0.491 e. The average Bonchev–Trinajstić information content (AvgIpc) is 3.32. The molecule has 1 aromatic heterocycles. The molecule has 0 unspecified atom stereocenters. The number of rotatable bonds is 6. The smallest absolute Gasteiger partial charge is 0.238 e. The van der Waals surface area contributed by atoms with Crippen LogP contribution in [0.3, 0.4) is 0 Å². The lowest BCUT2D eigenvalue weighted by molar-refractivity contribution is -0.122. The number of para-hydroxylation sites is 1. The van der Waals surface area contributed by atoms with Gasteiger partial charge < -0.3 is 9.84 Å². The summed E-state index contributed by atoms with van der Waals surface area (Å²) in [6.45, 7) is 0.330. The first-order chi connectivity index (χ1) is 15.1. The number of aromatic nitrogens is 3. The summed E-state index contributed by atoms with van der Waals surface area (Å²) in [6, 6.07) is 14.4. The normalized spacial score (nSPS) is 21.5. The number of aliphatic hydroxyl groups excluding tert-OH is 1. The van der Waals surface area contributed by atoms with Crippen LogP contribution in [0.25, 0.3) is 11.0 Å². The number of fused-ring (bicyclic) bond motifs is 2. The molecule has 0 bridgehead atoms. The van der Waals surface area contributed by atoms with E-state index in [1.54, 1.807) is 28.9 Å². The monoisotopic (exact) mass is 418 g/mol. The van der Waals surface area contributed by atoms with Crippen molar-refractivity contribution in [2.75, 3.05) is 11.5 Å². The molecule has 158 valence electrons. The fraction of sp³-hybridized carbons (Fsp3) is 0.304. The molecule has 0 saturated carbocycles. The van der Waals surface area contributed by atoms with E-state index in [9.17, 15) is 14.7 Å². The fourth-order valence-electron chi connectivity index (χ4n) is 4.24. The number of anilines is 1. The third-order valence-electron chi connectivity index (χ3n) is 5.85. The molecule has 3 atom stereocenters. The Balaban J connectivity index is 1.21. The van der Waals surface area contributed by atoms with Crippen molar-refractivity contribution in [2.45, 2.75) is 25.5 Å². The van der Waals surface area contributed by atoms with Crippen LogP contribution in [-0.4, -0.2) is 44.6 Å². The van der Waals surface area contributed by atoms with E-state index < -0.39 is 6.10 Å². The molecule has 1 N–H and O–H groups in total. The molecule has 2 heterocycles. The van der Waals surface area contributed by atoms with Gasteiger partial charge in [-0.3, -0.25) is 14.5 Å². The SMILES string of the molecule is O=C1[C@H]2CC=CC[C@@H]2C(=O)N1c1ccc(OC[C@H](O)Cn2nnc3ccccc32)cc1. The Morgan fingerprint density at radius 3 is 2.39 bits per heavy atom.